The van der Waals surface area contributed by atoms with Gasteiger partial charge in [0.2, 0.25) is 5.91 Å². The monoisotopic (exact) mass is 455 g/mol. The fraction of sp³-hybridized carbons (Fsp3) is 0.565. The van der Waals surface area contributed by atoms with E-state index in [0.29, 0.717) is 30.2 Å². The summed E-state index contributed by atoms with van der Waals surface area (Å²) in [6.45, 7) is 0. The summed E-state index contributed by atoms with van der Waals surface area (Å²) in [6.07, 6.45) is 7.73. The maximum absolute atomic E-state index is 12.6. The first-order valence-electron chi connectivity index (χ1n) is 11.2. The molecule has 1 aromatic carbocycles. The van der Waals surface area contributed by atoms with E-state index in [1.807, 2.05) is 23.7 Å². The Labute approximate surface area is 191 Å². The predicted molar refractivity (Wildman–Crippen MR) is 119 cm³/mol. The SMILES string of the molecule is Cn1cnnc1SCc1ccc(C(=O)NNC(=O)CC23CC4CC(CC(O)(C4)C2)C3)cc1. The summed E-state index contributed by atoms with van der Waals surface area (Å²) in [7, 11) is 1.90. The van der Waals surface area contributed by atoms with Crippen LogP contribution in [0.15, 0.2) is 35.7 Å². The van der Waals surface area contributed by atoms with Crippen LogP contribution in [0.1, 0.15) is 60.9 Å². The zero-order chi connectivity index (χ0) is 22.3. The van der Waals surface area contributed by atoms with Gasteiger partial charge in [0.1, 0.15) is 6.33 Å². The van der Waals surface area contributed by atoms with Gasteiger partial charge in [-0.1, -0.05) is 23.9 Å². The van der Waals surface area contributed by atoms with Crippen LogP contribution >= 0.6 is 11.8 Å². The maximum Gasteiger partial charge on any atom is 0.269 e. The molecule has 1 heterocycles. The van der Waals surface area contributed by atoms with Gasteiger partial charge in [0, 0.05) is 24.8 Å². The van der Waals surface area contributed by atoms with E-state index in [0.717, 1.165) is 42.2 Å². The maximum atomic E-state index is 12.6. The molecule has 0 saturated heterocycles. The molecule has 4 saturated carbocycles. The lowest BCUT2D eigenvalue weighted by atomic mass is 9.47. The number of rotatable bonds is 6. The lowest BCUT2D eigenvalue weighted by Gasteiger charge is -2.60. The van der Waals surface area contributed by atoms with Crippen LogP contribution in [0.5, 0.6) is 0 Å². The highest BCUT2D eigenvalue weighted by atomic mass is 32.2. The van der Waals surface area contributed by atoms with Crippen molar-refractivity contribution in [3.63, 3.8) is 0 Å². The molecule has 6 rings (SSSR count). The minimum Gasteiger partial charge on any atom is -0.390 e. The van der Waals surface area contributed by atoms with Crippen LogP contribution < -0.4 is 10.9 Å². The number of aryl methyl sites for hydroxylation is 1. The Hall–Kier alpha value is -2.39. The summed E-state index contributed by atoms with van der Waals surface area (Å²) in [5.74, 6) is 1.28. The number of hydrogen-bond acceptors (Lipinski definition) is 6. The van der Waals surface area contributed by atoms with Crippen molar-refractivity contribution < 1.29 is 14.7 Å². The molecular weight excluding hydrogens is 426 g/mol. The number of amides is 2. The van der Waals surface area contributed by atoms with Gasteiger partial charge in [-0.05, 0) is 73.5 Å². The van der Waals surface area contributed by atoms with Gasteiger partial charge in [-0.3, -0.25) is 20.4 Å². The highest BCUT2D eigenvalue weighted by Crippen LogP contribution is 2.62. The van der Waals surface area contributed by atoms with Crippen molar-refractivity contribution in [2.45, 2.75) is 61.5 Å². The first-order valence-corrected chi connectivity index (χ1v) is 12.2. The van der Waals surface area contributed by atoms with Crippen molar-refractivity contribution in [3.05, 3.63) is 41.7 Å². The molecule has 4 aliphatic rings. The molecule has 0 radical (unpaired) electrons. The van der Waals surface area contributed by atoms with Crippen LogP contribution in [0, 0.1) is 17.3 Å². The number of benzene rings is 1. The van der Waals surface area contributed by atoms with Crippen LogP contribution in [-0.4, -0.2) is 37.3 Å². The van der Waals surface area contributed by atoms with E-state index in [1.165, 1.54) is 6.42 Å². The van der Waals surface area contributed by atoms with Crippen molar-refractivity contribution in [1.29, 1.82) is 0 Å². The zero-order valence-electron chi connectivity index (χ0n) is 18.2. The van der Waals surface area contributed by atoms with E-state index in [9.17, 15) is 14.7 Å². The second-order valence-corrected chi connectivity index (χ2v) is 11.0. The molecule has 4 aliphatic carbocycles. The lowest BCUT2D eigenvalue weighted by molar-refractivity contribution is -0.169. The zero-order valence-corrected chi connectivity index (χ0v) is 19.0. The van der Waals surface area contributed by atoms with Gasteiger partial charge in [0.15, 0.2) is 5.16 Å². The normalized spacial score (nSPS) is 30.3. The summed E-state index contributed by atoms with van der Waals surface area (Å²) in [4.78, 5) is 25.1. The summed E-state index contributed by atoms with van der Waals surface area (Å²) in [5, 5.41) is 19.6. The molecule has 170 valence electrons. The van der Waals surface area contributed by atoms with Crippen LogP contribution in [0.25, 0.3) is 0 Å². The Kier molecular flexibility index (Phi) is 5.49. The number of nitrogens with zero attached hydrogens (tertiary/aromatic N) is 3. The van der Waals surface area contributed by atoms with Crippen molar-refractivity contribution in [3.8, 4) is 0 Å². The van der Waals surface area contributed by atoms with Crippen molar-refractivity contribution in [1.82, 2.24) is 25.6 Å². The highest BCUT2D eigenvalue weighted by Gasteiger charge is 2.57. The standard InChI is InChI=1S/C23H29N5O3S/c1-28-14-24-27-21(28)32-12-15-2-4-18(5-3-15)20(30)26-25-19(29)11-22-7-16-6-17(8-22)10-23(31,9-16)13-22/h2-5,14,16-17,31H,6-13H2,1H3,(H,25,29)(H,26,30). The van der Waals surface area contributed by atoms with E-state index in [4.69, 9.17) is 0 Å². The Balaban J connectivity index is 1.11. The van der Waals surface area contributed by atoms with Gasteiger partial charge in [-0.15, -0.1) is 10.2 Å². The minimum absolute atomic E-state index is 0.115. The van der Waals surface area contributed by atoms with Gasteiger partial charge in [0.25, 0.3) is 5.91 Å². The number of carbonyl (C=O) groups is 2. The van der Waals surface area contributed by atoms with Gasteiger partial charge < -0.3 is 9.67 Å². The second kappa shape index (κ2) is 8.19. The quantitative estimate of drug-likeness (QED) is 0.456. The Bertz CT molecular complexity index is 1010. The molecule has 32 heavy (non-hydrogen) atoms. The Morgan fingerprint density at radius 2 is 1.88 bits per heavy atom. The number of hydrogen-bond donors (Lipinski definition) is 3. The Morgan fingerprint density at radius 1 is 1.16 bits per heavy atom. The largest absolute Gasteiger partial charge is 0.390 e. The Morgan fingerprint density at radius 3 is 2.50 bits per heavy atom. The van der Waals surface area contributed by atoms with Gasteiger partial charge in [0.05, 0.1) is 5.60 Å². The van der Waals surface area contributed by atoms with Crippen molar-refractivity contribution in [2.24, 2.45) is 24.3 Å². The number of aromatic nitrogens is 3. The van der Waals surface area contributed by atoms with Crippen LogP contribution in [0.2, 0.25) is 0 Å². The summed E-state index contributed by atoms with van der Waals surface area (Å²) in [6, 6.07) is 7.30. The lowest BCUT2D eigenvalue weighted by Crippen LogP contribution is -2.57. The number of nitrogens with one attached hydrogen (secondary N) is 2. The first-order chi connectivity index (χ1) is 15.3. The molecule has 2 atom stereocenters. The molecule has 9 heteroatoms. The molecule has 2 aromatic rings. The molecular formula is C23H29N5O3S. The predicted octanol–water partition coefficient (Wildman–Crippen LogP) is 2.59. The van der Waals surface area contributed by atoms with Gasteiger partial charge in [-0.2, -0.15) is 0 Å². The number of carbonyl (C=O) groups excluding carboxylic acids is 2. The summed E-state index contributed by atoms with van der Waals surface area (Å²) < 4.78 is 1.86. The van der Waals surface area contributed by atoms with Crippen LogP contribution in [0.3, 0.4) is 0 Å². The van der Waals surface area contributed by atoms with Crippen molar-refractivity contribution >= 4 is 23.6 Å². The smallest absolute Gasteiger partial charge is 0.269 e. The van der Waals surface area contributed by atoms with Gasteiger partial charge >= 0.3 is 0 Å². The molecule has 8 nitrogen and oxygen atoms in total. The highest BCUT2D eigenvalue weighted by molar-refractivity contribution is 7.98. The van der Waals surface area contributed by atoms with E-state index in [1.54, 1.807) is 30.2 Å². The molecule has 4 fully saturated rings. The third-order valence-corrected chi connectivity index (χ3v) is 8.36. The molecule has 2 amide bonds. The van der Waals surface area contributed by atoms with E-state index in [-0.39, 0.29) is 17.2 Å². The first kappa shape index (κ1) is 21.5. The second-order valence-electron chi connectivity index (χ2n) is 10.1. The van der Waals surface area contributed by atoms with Gasteiger partial charge in [-0.25, -0.2) is 0 Å². The molecule has 0 aliphatic heterocycles. The van der Waals surface area contributed by atoms with E-state index >= 15 is 0 Å². The summed E-state index contributed by atoms with van der Waals surface area (Å²) >= 11 is 1.58. The molecule has 0 spiro atoms. The fourth-order valence-corrected chi connectivity index (χ4v) is 7.34. The van der Waals surface area contributed by atoms with E-state index < -0.39 is 5.60 Å². The number of aliphatic hydroxyl groups is 1. The van der Waals surface area contributed by atoms with E-state index in [2.05, 4.69) is 21.0 Å². The molecule has 2 unspecified atom stereocenters. The van der Waals surface area contributed by atoms with Crippen molar-refractivity contribution in [2.75, 3.05) is 0 Å². The third-order valence-electron chi connectivity index (χ3n) is 7.26. The van der Waals surface area contributed by atoms with Crippen LogP contribution in [-0.2, 0) is 17.6 Å². The average molecular weight is 456 g/mol. The number of thioether (sulfide) groups is 1. The molecule has 3 N–H and O–H groups in total. The minimum atomic E-state index is -0.583. The number of hydrazine groups is 1. The topological polar surface area (TPSA) is 109 Å². The third kappa shape index (κ3) is 4.41. The fourth-order valence-electron chi connectivity index (χ4n) is 6.50. The average Bonchev–Trinajstić information content (AvgIpc) is 3.13. The molecule has 1 aromatic heterocycles. The molecule has 4 bridgehead atoms. The summed E-state index contributed by atoms with van der Waals surface area (Å²) in [5.41, 5.74) is 5.99. The van der Waals surface area contributed by atoms with Crippen LogP contribution in [0.4, 0.5) is 0 Å².